The smallest absolute Gasteiger partial charge is 0.238 e. The summed E-state index contributed by atoms with van der Waals surface area (Å²) in [6.45, 7) is 11.1. The minimum atomic E-state index is -0.554. The monoisotopic (exact) mass is 249 g/mol. The highest BCUT2D eigenvalue weighted by molar-refractivity contribution is 5.94. The van der Waals surface area contributed by atoms with Crippen molar-refractivity contribution in [1.82, 2.24) is 4.98 Å². The zero-order valence-corrected chi connectivity index (χ0v) is 11.7. The largest absolute Gasteiger partial charge is 0.423 e. The van der Waals surface area contributed by atoms with Crippen LogP contribution in [0.1, 0.15) is 53.1 Å². The molecule has 1 heterocycles. The molecule has 0 saturated heterocycles. The maximum absolute atomic E-state index is 11.9. The van der Waals surface area contributed by atoms with E-state index in [4.69, 9.17) is 9.68 Å². The lowest BCUT2D eigenvalue weighted by Crippen LogP contribution is -2.27. The van der Waals surface area contributed by atoms with Crippen LogP contribution in [-0.2, 0) is 10.2 Å². The number of carbonyl (C=O) groups excluding carboxylic acids is 1. The minimum absolute atomic E-state index is 0.109. The van der Waals surface area contributed by atoms with Crippen molar-refractivity contribution in [2.45, 2.75) is 47.0 Å². The number of aromatic nitrogens is 1. The SMILES string of the molecule is CC(C)(C)C(=O)Nc1oc(C(C)(C)C)nc1C#N. The van der Waals surface area contributed by atoms with Gasteiger partial charge in [-0.1, -0.05) is 41.5 Å². The molecule has 0 aromatic carbocycles. The molecule has 1 amide bonds. The number of nitriles is 1. The molecule has 0 unspecified atom stereocenters. The summed E-state index contributed by atoms with van der Waals surface area (Å²) in [5, 5.41) is 11.6. The number of oxazole rings is 1. The van der Waals surface area contributed by atoms with E-state index >= 15 is 0 Å². The van der Waals surface area contributed by atoms with Crippen LogP contribution in [0.25, 0.3) is 0 Å². The lowest BCUT2D eigenvalue weighted by Gasteiger charge is -2.16. The molecule has 0 bridgehead atoms. The summed E-state index contributed by atoms with van der Waals surface area (Å²) in [7, 11) is 0. The van der Waals surface area contributed by atoms with Gasteiger partial charge in [-0.05, 0) is 0 Å². The van der Waals surface area contributed by atoms with Gasteiger partial charge in [-0.3, -0.25) is 10.1 Å². The van der Waals surface area contributed by atoms with Crippen molar-refractivity contribution < 1.29 is 9.21 Å². The Hall–Kier alpha value is -1.83. The number of hydrogen-bond donors (Lipinski definition) is 1. The fourth-order valence-corrected chi connectivity index (χ4v) is 1.09. The van der Waals surface area contributed by atoms with Crippen molar-refractivity contribution in [2.24, 2.45) is 5.41 Å². The van der Waals surface area contributed by atoms with Gasteiger partial charge in [0, 0.05) is 10.8 Å². The molecule has 18 heavy (non-hydrogen) atoms. The number of nitrogens with one attached hydrogen (secondary N) is 1. The van der Waals surface area contributed by atoms with E-state index < -0.39 is 5.41 Å². The van der Waals surface area contributed by atoms with Crippen LogP contribution < -0.4 is 5.32 Å². The third-order valence-corrected chi connectivity index (χ3v) is 2.28. The summed E-state index contributed by atoms with van der Waals surface area (Å²) >= 11 is 0. The number of hydrogen-bond acceptors (Lipinski definition) is 4. The van der Waals surface area contributed by atoms with Gasteiger partial charge in [0.25, 0.3) is 0 Å². The third kappa shape index (κ3) is 3.10. The third-order valence-electron chi connectivity index (χ3n) is 2.28. The van der Waals surface area contributed by atoms with E-state index in [1.54, 1.807) is 20.8 Å². The van der Waals surface area contributed by atoms with Gasteiger partial charge in [0.2, 0.25) is 23.4 Å². The molecule has 5 heteroatoms. The van der Waals surface area contributed by atoms with Crippen molar-refractivity contribution in [3.05, 3.63) is 11.6 Å². The summed E-state index contributed by atoms with van der Waals surface area (Å²) < 4.78 is 5.47. The molecule has 0 aliphatic carbocycles. The van der Waals surface area contributed by atoms with Crippen LogP contribution in [0.15, 0.2) is 4.42 Å². The van der Waals surface area contributed by atoms with Gasteiger partial charge in [0.15, 0.2) is 0 Å². The fourth-order valence-electron chi connectivity index (χ4n) is 1.09. The van der Waals surface area contributed by atoms with Crippen molar-refractivity contribution in [1.29, 1.82) is 5.26 Å². The topological polar surface area (TPSA) is 78.9 Å². The van der Waals surface area contributed by atoms with Crippen LogP contribution in [0.4, 0.5) is 5.88 Å². The predicted octanol–water partition coefficient (Wildman–Crippen LogP) is 2.83. The normalized spacial score (nSPS) is 12.1. The first-order valence-electron chi connectivity index (χ1n) is 5.78. The second kappa shape index (κ2) is 4.45. The molecule has 0 fully saturated rings. The molecule has 0 aliphatic rings. The minimum Gasteiger partial charge on any atom is -0.423 e. The molecule has 0 atom stereocenters. The van der Waals surface area contributed by atoms with Crippen LogP contribution in [-0.4, -0.2) is 10.9 Å². The first-order chi connectivity index (χ1) is 8.05. The molecule has 5 nitrogen and oxygen atoms in total. The van der Waals surface area contributed by atoms with Crippen LogP contribution in [0.5, 0.6) is 0 Å². The number of rotatable bonds is 1. The molecule has 0 radical (unpaired) electrons. The van der Waals surface area contributed by atoms with E-state index in [0.717, 1.165) is 0 Å². The molecule has 1 N–H and O–H groups in total. The van der Waals surface area contributed by atoms with Gasteiger partial charge in [-0.2, -0.15) is 10.2 Å². The van der Waals surface area contributed by atoms with Gasteiger partial charge in [0.05, 0.1) is 0 Å². The van der Waals surface area contributed by atoms with Gasteiger partial charge in [-0.15, -0.1) is 0 Å². The van der Waals surface area contributed by atoms with Gasteiger partial charge < -0.3 is 4.42 Å². The maximum atomic E-state index is 11.9. The van der Waals surface area contributed by atoms with Crippen LogP contribution in [0, 0.1) is 16.7 Å². The van der Waals surface area contributed by atoms with Crippen LogP contribution in [0.3, 0.4) is 0 Å². The van der Waals surface area contributed by atoms with Crippen molar-refractivity contribution in [3.63, 3.8) is 0 Å². The molecule has 0 saturated carbocycles. The summed E-state index contributed by atoms with van der Waals surface area (Å²) in [6.07, 6.45) is 0. The second-order valence-corrected chi connectivity index (χ2v) is 6.26. The standard InChI is InChI=1S/C13H19N3O2/c1-12(2,3)10(17)16-9-8(7-14)15-11(18-9)13(4,5)6/h1-6H3,(H,16,17). The highest BCUT2D eigenvalue weighted by atomic mass is 16.4. The van der Waals surface area contributed by atoms with Crippen LogP contribution in [0.2, 0.25) is 0 Å². The first kappa shape index (κ1) is 14.2. The van der Waals surface area contributed by atoms with E-state index in [-0.39, 0.29) is 22.9 Å². The van der Waals surface area contributed by atoms with E-state index in [1.165, 1.54) is 0 Å². The van der Waals surface area contributed by atoms with Crippen molar-refractivity contribution in [2.75, 3.05) is 5.32 Å². The number of nitrogens with zero attached hydrogens (tertiary/aromatic N) is 2. The first-order valence-corrected chi connectivity index (χ1v) is 5.78. The molecule has 0 spiro atoms. The Kier molecular flexibility index (Phi) is 3.52. The Bertz CT molecular complexity index is 496. The van der Waals surface area contributed by atoms with Gasteiger partial charge in [-0.25, -0.2) is 0 Å². The Morgan fingerprint density at radius 3 is 2.22 bits per heavy atom. The molecular weight excluding hydrogens is 230 g/mol. The second-order valence-electron chi connectivity index (χ2n) is 6.26. The molecule has 1 rings (SSSR count). The van der Waals surface area contributed by atoms with Crippen LogP contribution >= 0.6 is 0 Å². The Labute approximate surface area is 107 Å². The number of amides is 1. The van der Waals surface area contributed by atoms with Gasteiger partial charge >= 0.3 is 0 Å². The lowest BCUT2D eigenvalue weighted by molar-refractivity contribution is -0.123. The molecule has 98 valence electrons. The summed E-state index contributed by atoms with van der Waals surface area (Å²) in [6, 6.07) is 1.93. The fraction of sp³-hybridized carbons (Fsp3) is 0.615. The van der Waals surface area contributed by atoms with Crippen molar-refractivity contribution >= 4 is 11.8 Å². The van der Waals surface area contributed by atoms with E-state index in [0.29, 0.717) is 5.89 Å². The average molecular weight is 249 g/mol. The number of carbonyl (C=O) groups is 1. The summed E-state index contributed by atoms with van der Waals surface area (Å²) in [5.74, 6) is 0.348. The zero-order chi connectivity index (χ0) is 14.1. The van der Waals surface area contributed by atoms with E-state index in [9.17, 15) is 4.79 Å². The molecule has 0 aliphatic heterocycles. The molecular formula is C13H19N3O2. The Balaban J connectivity index is 3.08. The van der Waals surface area contributed by atoms with Gasteiger partial charge in [0.1, 0.15) is 6.07 Å². The zero-order valence-electron chi connectivity index (χ0n) is 11.7. The highest BCUT2D eigenvalue weighted by Gasteiger charge is 2.27. The molecule has 1 aromatic heterocycles. The number of anilines is 1. The Morgan fingerprint density at radius 1 is 1.28 bits per heavy atom. The van der Waals surface area contributed by atoms with E-state index in [2.05, 4.69) is 10.3 Å². The predicted molar refractivity (Wildman–Crippen MR) is 68.0 cm³/mol. The molecule has 1 aromatic rings. The lowest BCUT2D eigenvalue weighted by atomic mass is 9.96. The van der Waals surface area contributed by atoms with E-state index in [1.807, 2.05) is 26.8 Å². The maximum Gasteiger partial charge on any atom is 0.238 e. The summed E-state index contributed by atoms with van der Waals surface area (Å²) in [4.78, 5) is 15.9. The highest BCUT2D eigenvalue weighted by Crippen LogP contribution is 2.27. The average Bonchev–Trinajstić information content (AvgIpc) is 2.59. The summed E-state index contributed by atoms with van der Waals surface area (Å²) in [5.41, 5.74) is -0.755. The quantitative estimate of drug-likeness (QED) is 0.830. The Morgan fingerprint density at radius 2 is 1.83 bits per heavy atom. The van der Waals surface area contributed by atoms with Crippen molar-refractivity contribution in [3.8, 4) is 6.07 Å².